The quantitative estimate of drug-likeness (QED) is 0.711. The van der Waals surface area contributed by atoms with E-state index >= 15 is 0 Å². The number of hydrogen-bond donors (Lipinski definition) is 0. The second kappa shape index (κ2) is 4.97. The van der Waals surface area contributed by atoms with Gasteiger partial charge in [-0.15, -0.1) is 0 Å². The largest absolute Gasteiger partial charge is 0.435 e. The number of fused-ring (bicyclic) bond motifs is 1. The van der Waals surface area contributed by atoms with Gasteiger partial charge < -0.3 is 9.47 Å². The van der Waals surface area contributed by atoms with E-state index in [0.29, 0.717) is 17.8 Å². The molecule has 1 saturated carbocycles. The Bertz CT molecular complexity index is 289. The molecular weight excluding hydrogens is 216 g/mol. The maximum absolute atomic E-state index is 12.0. The minimum Gasteiger partial charge on any atom is -0.435 e. The molecule has 3 heteroatoms. The lowest BCUT2D eigenvalue weighted by Crippen LogP contribution is -2.45. The molecule has 0 aromatic carbocycles. The molecule has 2 rings (SSSR count). The van der Waals surface area contributed by atoms with Crippen LogP contribution < -0.4 is 0 Å². The predicted molar refractivity (Wildman–Crippen MR) is 65.3 cm³/mol. The lowest BCUT2D eigenvalue weighted by molar-refractivity contribution is -0.230. The first-order valence-corrected chi connectivity index (χ1v) is 6.90. The number of ether oxygens (including phenoxy) is 2. The van der Waals surface area contributed by atoms with Crippen LogP contribution in [0.5, 0.6) is 0 Å². The van der Waals surface area contributed by atoms with Crippen molar-refractivity contribution in [2.45, 2.75) is 59.4 Å². The highest BCUT2D eigenvalue weighted by Gasteiger charge is 2.49. The number of esters is 1. The van der Waals surface area contributed by atoms with Crippen molar-refractivity contribution >= 4 is 5.97 Å². The smallest absolute Gasteiger partial charge is 0.311 e. The van der Waals surface area contributed by atoms with Gasteiger partial charge >= 0.3 is 5.97 Å². The van der Waals surface area contributed by atoms with Crippen LogP contribution in [0.1, 0.15) is 47.0 Å². The van der Waals surface area contributed by atoms with E-state index in [0.717, 1.165) is 19.3 Å². The monoisotopic (exact) mass is 240 g/mol. The molecule has 0 amide bonds. The van der Waals surface area contributed by atoms with Gasteiger partial charge in [-0.1, -0.05) is 20.8 Å². The van der Waals surface area contributed by atoms with Crippen LogP contribution >= 0.6 is 0 Å². The molecule has 0 aromatic rings. The first kappa shape index (κ1) is 12.9. The fourth-order valence-corrected chi connectivity index (χ4v) is 3.21. The van der Waals surface area contributed by atoms with E-state index < -0.39 is 0 Å². The number of carbonyl (C=O) groups is 1. The summed E-state index contributed by atoms with van der Waals surface area (Å²) in [5.41, 5.74) is 0. The summed E-state index contributed by atoms with van der Waals surface area (Å²) in [6, 6.07) is 0. The summed E-state index contributed by atoms with van der Waals surface area (Å²) in [6.45, 7) is 8.44. The van der Waals surface area contributed by atoms with Crippen LogP contribution in [0.2, 0.25) is 0 Å². The number of carbonyl (C=O) groups excluding carboxylic acids is 1. The summed E-state index contributed by atoms with van der Waals surface area (Å²) >= 11 is 0. The van der Waals surface area contributed by atoms with E-state index in [1.807, 2.05) is 6.92 Å². The third-order valence-electron chi connectivity index (χ3n) is 4.58. The average molecular weight is 240 g/mol. The lowest BCUT2D eigenvalue weighted by Gasteiger charge is -2.38. The van der Waals surface area contributed by atoms with Gasteiger partial charge in [-0.25, -0.2) is 0 Å². The van der Waals surface area contributed by atoms with Crippen molar-refractivity contribution in [3.8, 4) is 0 Å². The van der Waals surface area contributed by atoms with Crippen molar-refractivity contribution in [3.05, 3.63) is 0 Å². The Labute approximate surface area is 104 Å². The van der Waals surface area contributed by atoms with Gasteiger partial charge in [0.1, 0.15) is 0 Å². The molecule has 0 N–H and O–H groups in total. The van der Waals surface area contributed by atoms with E-state index in [4.69, 9.17) is 9.47 Å². The third-order valence-corrected chi connectivity index (χ3v) is 4.58. The van der Waals surface area contributed by atoms with Crippen LogP contribution in [-0.4, -0.2) is 18.4 Å². The number of rotatable bonds is 3. The SMILES string of the molecule is CCC(C)OC1OC(=O)[C@H]2[C@H](CC[C@@H]2C)C1C. The topological polar surface area (TPSA) is 35.5 Å². The van der Waals surface area contributed by atoms with Crippen molar-refractivity contribution in [1.29, 1.82) is 0 Å². The lowest BCUT2D eigenvalue weighted by atomic mass is 9.80. The van der Waals surface area contributed by atoms with Crippen LogP contribution in [0.4, 0.5) is 0 Å². The minimum absolute atomic E-state index is 0.0357. The zero-order valence-electron chi connectivity index (χ0n) is 11.3. The zero-order valence-corrected chi connectivity index (χ0v) is 11.3. The Morgan fingerprint density at radius 1 is 1.41 bits per heavy atom. The van der Waals surface area contributed by atoms with Crippen molar-refractivity contribution in [3.63, 3.8) is 0 Å². The Balaban J connectivity index is 2.06. The minimum atomic E-state index is -0.330. The highest BCUT2D eigenvalue weighted by atomic mass is 16.7. The van der Waals surface area contributed by atoms with Crippen molar-refractivity contribution in [2.75, 3.05) is 0 Å². The van der Waals surface area contributed by atoms with Crippen molar-refractivity contribution in [2.24, 2.45) is 23.7 Å². The molecule has 1 aliphatic carbocycles. The van der Waals surface area contributed by atoms with E-state index in [1.165, 1.54) is 0 Å². The van der Waals surface area contributed by atoms with E-state index in [-0.39, 0.29) is 24.3 Å². The van der Waals surface area contributed by atoms with Gasteiger partial charge in [0.05, 0.1) is 12.0 Å². The van der Waals surface area contributed by atoms with Gasteiger partial charge in [0.2, 0.25) is 6.29 Å². The molecule has 0 aromatic heterocycles. The average Bonchev–Trinajstić information content (AvgIpc) is 2.68. The molecule has 0 radical (unpaired) electrons. The molecule has 2 fully saturated rings. The molecular formula is C14H24O3. The molecule has 0 bridgehead atoms. The molecule has 3 nitrogen and oxygen atoms in total. The Morgan fingerprint density at radius 2 is 2.12 bits per heavy atom. The van der Waals surface area contributed by atoms with Crippen LogP contribution in [-0.2, 0) is 14.3 Å². The summed E-state index contributed by atoms with van der Waals surface area (Å²) in [6.07, 6.45) is 3.06. The van der Waals surface area contributed by atoms with Gasteiger partial charge in [-0.3, -0.25) is 4.79 Å². The third kappa shape index (κ3) is 2.35. The molecule has 1 aliphatic heterocycles. The highest BCUT2D eigenvalue weighted by Crippen LogP contribution is 2.46. The van der Waals surface area contributed by atoms with Crippen LogP contribution in [0, 0.1) is 23.7 Å². The molecule has 2 aliphatic rings. The van der Waals surface area contributed by atoms with Crippen LogP contribution in [0.15, 0.2) is 0 Å². The molecule has 17 heavy (non-hydrogen) atoms. The maximum Gasteiger partial charge on any atom is 0.311 e. The van der Waals surface area contributed by atoms with Crippen molar-refractivity contribution < 1.29 is 14.3 Å². The molecule has 6 atom stereocenters. The van der Waals surface area contributed by atoms with Crippen LogP contribution in [0.25, 0.3) is 0 Å². The normalized spacial score (nSPS) is 43.1. The Hall–Kier alpha value is -0.570. The molecule has 98 valence electrons. The second-order valence-corrected chi connectivity index (χ2v) is 5.76. The van der Waals surface area contributed by atoms with Gasteiger partial charge in [-0.05, 0) is 38.0 Å². The maximum atomic E-state index is 12.0. The molecule has 3 unspecified atom stereocenters. The first-order valence-electron chi connectivity index (χ1n) is 6.90. The second-order valence-electron chi connectivity index (χ2n) is 5.76. The summed E-state index contributed by atoms with van der Waals surface area (Å²) < 4.78 is 11.3. The van der Waals surface area contributed by atoms with E-state index in [2.05, 4.69) is 20.8 Å². The number of hydrogen-bond acceptors (Lipinski definition) is 3. The zero-order chi connectivity index (χ0) is 12.6. The summed E-state index contributed by atoms with van der Waals surface area (Å²) in [5, 5.41) is 0. The molecule has 1 heterocycles. The van der Waals surface area contributed by atoms with Gasteiger partial charge in [-0.2, -0.15) is 0 Å². The first-order chi connectivity index (χ1) is 8.04. The molecule has 0 spiro atoms. The van der Waals surface area contributed by atoms with Gasteiger partial charge in [0.25, 0.3) is 0 Å². The fourth-order valence-electron chi connectivity index (χ4n) is 3.21. The van der Waals surface area contributed by atoms with Crippen LogP contribution in [0.3, 0.4) is 0 Å². The Kier molecular flexibility index (Phi) is 3.76. The number of cyclic esters (lactones) is 1. The fraction of sp³-hybridized carbons (Fsp3) is 0.929. The predicted octanol–water partition coefficient (Wildman–Crippen LogP) is 2.98. The molecule has 1 saturated heterocycles. The standard InChI is InChI=1S/C14H24O3/c1-5-9(3)16-14-10(4)11-7-6-8(2)12(11)13(15)17-14/h8-12,14H,5-7H2,1-4H3/t8-,9?,10?,11+,12+,14?/m0/s1. The summed E-state index contributed by atoms with van der Waals surface area (Å²) in [5.74, 6) is 1.34. The van der Waals surface area contributed by atoms with Gasteiger partial charge in [0, 0.05) is 5.92 Å². The summed E-state index contributed by atoms with van der Waals surface area (Å²) in [4.78, 5) is 12.0. The highest BCUT2D eigenvalue weighted by molar-refractivity contribution is 5.74. The van der Waals surface area contributed by atoms with Gasteiger partial charge in [0.15, 0.2) is 0 Å². The van der Waals surface area contributed by atoms with E-state index in [9.17, 15) is 4.79 Å². The summed E-state index contributed by atoms with van der Waals surface area (Å²) in [7, 11) is 0. The van der Waals surface area contributed by atoms with E-state index in [1.54, 1.807) is 0 Å². The van der Waals surface area contributed by atoms with Crippen molar-refractivity contribution in [1.82, 2.24) is 0 Å². The Morgan fingerprint density at radius 3 is 2.76 bits per heavy atom.